The molecule has 1 aliphatic rings. The number of allylic oxidation sites excluding steroid dienone is 1. The lowest BCUT2D eigenvalue weighted by molar-refractivity contribution is 0.174. The van der Waals surface area contributed by atoms with Gasteiger partial charge >= 0.3 is 6.09 Å². The molecular formula is C16H21NO3. The van der Waals surface area contributed by atoms with Gasteiger partial charge in [0.15, 0.2) is 0 Å². The molecule has 1 aromatic rings. The molecule has 1 aromatic carbocycles. The molecule has 4 heteroatoms. The Hall–Kier alpha value is -1.97. The minimum Gasteiger partial charge on any atom is -0.494 e. The highest BCUT2D eigenvalue weighted by atomic mass is 16.5. The van der Waals surface area contributed by atoms with E-state index < -0.39 is 5.54 Å². The molecule has 1 heterocycles. The van der Waals surface area contributed by atoms with Crippen LogP contribution < -0.4 is 9.64 Å². The third-order valence-electron chi connectivity index (χ3n) is 3.45. The normalized spacial score (nSPS) is 16.2. The number of carbonyl (C=O) groups excluding carboxylic acids is 1. The summed E-state index contributed by atoms with van der Waals surface area (Å²) in [7, 11) is 1.40. The van der Waals surface area contributed by atoms with Crippen LogP contribution in [0.5, 0.6) is 5.75 Å². The maximum Gasteiger partial charge on any atom is 0.414 e. The van der Waals surface area contributed by atoms with Crippen molar-refractivity contribution in [2.45, 2.75) is 33.2 Å². The van der Waals surface area contributed by atoms with Crippen LogP contribution in [0.15, 0.2) is 24.3 Å². The fraction of sp³-hybridized carbons (Fsp3) is 0.438. The van der Waals surface area contributed by atoms with Gasteiger partial charge < -0.3 is 9.47 Å². The smallest absolute Gasteiger partial charge is 0.414 e. The van der Waals surface area contributed by atoms with Crippen LogP contribution in [0.3, 0.4) is 0 Å². The van der Waals surface area contributed by atoms with E-state index in [9.17, 15) is 4.79 Å². The molecule has 2 rings (SSSR count). The molecule has 1 amide bonds. The van der Waals surface area contributed by atoms with Gasteiger partial charge in [0.25, 0.3) is 0 Å². The molecule has 0 unspecified atom stereocenters. The predicted octanol–water partition coefficient (Wildman–Crippen LogP) is 3.85. The Morgan fingerprint density at radius 2 is 2.05 bits per heavy atom. The first-order valence-electron chi connectivity index (χ1n) is 6.75. The summed E-state index contributed by atoms with van der Waals surface area (Å²) in [5, 5.41) is 0. The van der Waals surface area contributed by atoms with E-state index in [1.54, 1.807) is 4.90 Å². The van der Waals surface area contributed by atoms with Crippen molar-refractivity contribution in [1.29, 1.82) is 0 Å². The second kappa shape index (κ2) is 5.19. The van der Waals surface area contributed by atoms with Crippen molar-refractivity contribution in [3.63, 3.8) is 0 Å². The van der Waals surface area contributed by atoms with Crippen LogP contribution >= 0.6 is 0 Å². The summed E-state index contributed by atoms with van der Waals surface area (Å²) >= 11 is 0. The maximum absolute atomic E-state index is 12.1. The molecule has 108 valence electrons. The third-order valence-corrected chi connectivity index (χ3v) is 3.45. The molecule has 0 bridgehead atoms. The molecule has 0 spiro atoms. The van der Waals surface area contributed by atoms with E-state index in [1.807, 2.05) is 45.9 Å². The van der Waals surface area contributed by atoms with Gasteiger partial charge in [-0.15, -0.1) is 0 Å². The Labute approximate surface area is 120 Å². The Morgan fingerprint density at radius 3 is 2.65 bits per heavy atom. The number of fused-ring (bicyclic) bond motifs is 1. The molecule has 0 atom stereocenters. The second-order valence-corrected chi connectivity index (χ2v) is 5.40. The first kappa shape index (κ1) is 14.4. The summed E-state index contributed by atoms with van der Waals surface area (Å²) in [5.74, 6) is 0.809. The third kappa shape index (κ3) is 2.38. The van der Waals surface area contributed by atoms with Gasteiger partial charge in [-0.05, 0) is 51.5 Å². The summed E-state index contributed by atoms with van der Waals surface area (Å²) in [6.45, 7) is 8.60. The van der Waals surface area contributed by atoms with Crippen LogP contribution in [-0.2, 0) is 4.74 Å². The minimum atomic E-state index is -0.419. The standard InChI is InChI=1S/C16H21NO3/c1-6-20-12-7-8-14-13(9-12)11(2)10-16(3,4)17(14)15(18)19-5/h7-10H,6H2,1-5H3. The van der Waals surface area contributed by atoms with Crippen LogP contribution in [0.2, 0.25) is 0 Å². The van der Waals surface area contributed by atoms with E-state index in [-0.39, 0.29) is 6.09 Å². The molecule has 20 heavy (non-hydrogen) atoms. The van der Waals surface area contributed by atoms with Crippen LogP contribution in [0, 0.1) is 0 Å². The number of hydrogen-bond acceptors (Lipinski definition) is 3. The summed E-state index contributed by atoms with van der Waals surface area (Å²) in [6.07, 6.45) is 1.71. The molecule has 4 nitrogen and oxygen atoms in total. The highest BCUT2D eigenvalue weighted by molar-refractivity contribution is 5.97. The number of amides is 1. The zero-order valence-corrected chi connectivity index (χ0v) is 12.7. The number of benzene rings is 1. The first-order valence-corrected chi connectivity index (χ1v) is 6.75. The zero-order chi connectivity index (χ0) is 14.9. The van der Waals surface area contributed by atoms with Crippen molar-refractivity contribution < 1.29 is 14.3 Å². The molecule has 0 N–H and O–H groups in total. The van der Waals surface area contributed by atoms with E-state index >= 15 is 0 Å². The van der Waals surface area contributed by atoms with Crippen molar-refractivity contribution >= 4 is 17.4 Å². The second-order valence-electron chi connectivity index (χ2n) is 5.40. The molecule has 0 radical (unpaired) electrons. The molecular weight excluding hydrogens is 254 g/mol. The fourth-order valence-electron chi connectivity index (χ4n) is 2.69. The largest absolute Gasteiger partial charge is 0.494 e. The van der Waals surface area contributed by atoms with Crippen molar-refractivity contribution in [3.8, 4) is 5.75 Å². The molecule has 0 aliphatic carbocycles. The Balaban J connectivity index is 2.56. The van der Waals surface area contributed by atoms with E-state index in [0.29, 0.717) is 6.61 Å². The molecule has 0 saturated heterocycles. The van der Waals surface area contributed by atoms with Crippen molar-refractivity contribution in [2.24, 2.45) is 0 Å². The van der Waals surface area contributed by atoms with E-state index in [0.717, 1.165) is 22.6 Å². The quantitative estimate of drug-likeness (QED) is 0.822. The molecule has 1 aliphatic heterocycles. The summed E-state index contributed by atoms with van der Waals surface area (Å²) in [4.78, 5) is 13.8. The van der Waals surface area contributed by atoms with E-state index in [1.165, 1.54) is 7.11 Å². The van der Waals surface area contributed by atoms with Crippen molar-refractivity contribution in [2.75, 3.05) is 18.6 Å². The number of carbonyl (C=O) groups is 1. The van der Waals surface area contributed by atoms with Gasteiger partial charge in [0, 0.05) is 5.56 Å². The van der Waals surface area contributed by atoms with Gasteiger partial charge in [-0.1, -0.05) is 6.08 Å². The number of nitrogens with zero attached hydrogens (tertiary/aromatic N) is 1. The monoisotopic (exact) mass is 275 g/mol. The number of hydrogen-bond donors (Lipinski definition) is 0. The molecule has 0 fully saturated rings. The first-order chi connectivity index (χ1) is 9.40. The van der Waals surface area contributed by atoms with E-state index in [4.69, 9.17) is 9.47 Å². The van der Waals surface area contributed by atoms with Gasteiger partial charge in [-0.3, -0.25) is 4.90 Å². The predicted molar refractivity (Wildman–Crippen MR) is 80.2 cm³/mol. The summed E-state index contributed by atoms with van der Waals surface area (Å²) in [6, 6.07) is 5.76. The lowest BCUT2D eigenvalue weighted by Gasteiger charge is -2.40. The maximum atomic E-state index is 12.1. The van der Waals surface area contributed by atoms with E-state index in [2.05, 4.69) is 6.08 Å². The average Bonchev–Trinajstić information content (AvgIpc) is 2.38. The number of ether oxygens (including phenoxy) is 2. The van der Waals surface area contributed by atoms with Crippen LogP contribution in [0.1, 0.15) is 33.3 Å². The van der Waals surface area contributed by atoms with Crippen LogP contribution in [-0.4, -0.2) is 25.3 Å². The van der Waals surface area contributed by atoms with Crippen molar-refractivity contribution in [1.82, 2.24) is 0 Å². The van der Waals surface area contributed by atoms with Crippen LogP contribution in [0.25, 0.3) is 5.57 Å². The lowest BCUT2D eigenvalue weighted by atomic mass is 9.89. The highest BCUT2D eigenvalue weighted by Gasteiger charge is 2.36. The minimum absolute atomic E-state index is 0.357. The topological polar surface area (TPSA) is 38.8 Å². The Morgan fingerprint density at radius 1 is 1.35 bits per heavy atom. The summed E-state index contributed by atoms with van der Waals surface area (Å²) in [5.41, 5.74) is 2.56. The van der Waals surface area contributed by atoms with Gasteiger partial charge in [0.1, 0.15) is 5.75 Å². The van der Waals surface area contributed by atoms with Gasteiger partial charge in [-0.25, -0.2) is 4.79 Å². The Bertz CT molecular complexity index is 561. The van der Waals surface area contributed by atoms with Gasteiger partial charge in [-0.2, -0.15) is 0 Å². The number of anilines is 1. The molecule has 0 aromatic heterocycles. The van der Waals surface area contributed by atoms with Gasteiger partial charge in [0.05, 0.1) is 24.9 Å². The Kier molecular flexibility index (Phi) is 3.75. The lowest BCUT2D eigenvalue weighted by Crippen LogP contribution is -2.48. The molecule has 0 saturated carbocycles. The fourth-order valence-corrected chi connectivity index (χ4v) is 2.69. The van der Waals surface area contributed by atoms with Crippen LogP contribution in [0.4, 0.5) is 10.5 Å². The van der Waals surface area contributed by atoms with Gasteiger partial charge in [0.2, 0.25) is 0 Å². The average molecular weight is 275 g/mol. The van der Waals surface area contributed by atoms with Crippen molar-refractivity contribution in [3.05, 3.63) is 29.8 Å². The zero-order valence-electron chi connectivity index (χ0n) is 12.7. The number of rotatable bonds is 2. The highest BCUT2D eigenvalue weighted by Crippen LogP contribution is 2.40. The number of methoxy groups -OCH3 is 1. The summed E-state index contributed by atoms with van der Waals surface area (Å²) < 4.78 is 10.5. The SMILES string of the molecule is CCOc1ccc2c(c1)C(C)=CC(C)(C)N2C(=O)OC.